The van der Waals surface area contributed by atoms with E-state index in [1.54, 1.807) is 16.7 Å². The maximum absolute atomic E-state index is 13.6. The Hall–Kier alpha value is -2.28. The number of nitrogens with one attached hydrogen (secondary N) is 1. The van der Waals surface area contributed by atoms with Gasteiger partial charge in [-0.2, -0.15) is 0 Å². The fourth-order valence-corrected chi connectivity index (χ4v) is 5.10. The molecule has 3 rings (SSSR count). The molecule has 0 aromatic heterocycles. The summed E-state index contributed by atoms with van der Waals surface area (Å²) < 4.78 is 0.940. The summed E-state index contributed by atoms with van der Waals surface area (Å²) in [5, 5.41) is 3.70. The first-order valence-electron chi connectivity index (χ1n) is 11.7. The van der Waals surface area contributed by atoms with E-state index in [9.17, 15) is 9.59 Å². The van der Waals surface area contributed by atoms with Crippen LogP contribution in [0.15, 0.2) is 88.2 Å². The van der Waals surface area contributed by atoms with E-state index in [4.69, 9.17) is 11.6 Å². The molecule has 1 unspecified atom stereocenters. The van der Waals surface area contributed by atoms with E-state index in [2.05, 4.69) is 21.2 Å². The predicted octanol–water partition coefficient (Wildman–Crippen LogP) is 6.75. The molecule has 0 saturated carbocycles. The zero-order valence-electron chi connectivity index (χ0n) is 19.8. The summed E-state index contributed by atoms with van der Waals surface area (Å²) >= 11 is 11.1. The highest BCUT2D eigenvalue weighted by Crippen LogP contribution is 2.23. The SMILES string of the molecule is CCCNC(=O)C(Cc1ccccc1)N(Cc1cccc(Br)c1)C(=O)CCSc1ccc(Cl)cc1. The summed E-state index contributed by atoms with van der Waals surface area (Å²) in [5.74, 6) is 0.452. The summed E-state index contributed by atoms with van der Waals surface area (Å²) in [6.07, 6.45) is 1.62. The van der Waals surface area contributed by atoms with Gasteiger partial charge in [-0.15, -0.1) is 11.8 Å². The largest absolute Gasteiger partial charge is 0.354 e. The van der Waals surface area contributed by atoms with Crippen LogP contribution in [0.3, 0.4) is 0 Å². The van der Waals surface area contributed by atoms with Gasteiger partial charge in [0.15, 0.2) is 0 Å². The molecule has 0 spiro atoms. The third-order valence-corrected chi connectivity index (χ3v) is 7.22. The second-order valence-electron chi connectivity index (χ2n) is 8.20. The van der Waals surface area contributed by atoms with Crippen molar-refractivity contribution in [1.29, 1.82) is 0 Å². The van der Waals surface area contributed by atoms with Crippen molar-refractivity contribution < 1.29 is 9.59 Å². The van der Waals surface area contributed by atoms with Crippen molar-refractivity contribution in [2.45, 2.75) is 43.7 Å². The lowest BCUT2D eigenvalue weighted by Gasteiger charge is -2.31. The number of amides is 2. The van der Waals surface area contributed by atoms with Crippen molar-refractivity contribution in [3.8, 4) is 0 Å². The molecule has 4 nitrogen and oxygen atoms in total. The fourth-order valence-electron chi connectivity index (χ4n) is 3.68. The zero-order chi connectivity index (χ0) is 25.0. The standard InChI is InChI=1S/C28H30BrClN2O2S/c1-2-16-31-28(34)26(19-21-7-4-3-5-8-21)32(20-22-9-6-10-23(29)18-22)27(33)15-17-35-25-13-11-24(30)12-14-25/h3-14,18,26H,2,15-17,19-20H2,1H3,(H,31,34). The minimum Gasteiger partial charge on any atom is -0.354 e. The van der Waals surface area contributed by atoms with E-state index < -0.39 is 6.04 Å². The van der Waals surface area contributed by atoms with Crippen molar-refractivity contribution in [1.82, 2.24) is 10.2 Å². The highest BCUT2D eigenvalue weighted by Gasteiger charge is 2.30. The molecule has 0 saturated heterocycles. The van der Waals surface area contributed by atoms with Crippen LogP contribution in [-0.2, 0) is 22.6 Å². The first kappa shape index (κ1) is 27.3. The summed E-state index contributed by atoms with van der Waals surface area (Å²) in [5.41, 5.74) is 1.99. The molecular formula is C28H30BrClN2O2S. The molecule has 0 aliphatic carbocycles. The highest BCUT2D eigenvalue weighted by molar-refractivity contribution is 9.10. The van der Waals surface area contributed by atoms with Crippen molar-refractivity contribution in [2.24, 2.45) is 0 Å². The van der Waals surface area contributed by atoms with Crippen LogP contribution in [0.1, 0.15) is 30.9 Å². The molecule has 1 N–H and O–H groups in total. The number of halogens is 2. The van der Waals surface area contributed by atoms with Crippen molar-refractivity contribution in [3.63, 3.8) is 0 Å². The van der Waals surface area contributed by atoms with Crippen molar-refractivity contribution in [2.75, 3.05) is 12.3 Å². The Morgan fingerprint density at radius 1 is 1.00 bits per heavy atom. The molecule has 3 aromatic rings. The first-order chi connectivity index (χ1) is 17.0. The molecular weight excluding hydrogens is 544 g/mol. The summed E-state index contributed by atoms with van der Waals surface area (Å²) in [6.45, 7) is 2.96. The van der Waals surface area contributed by atoms with Crippen LogP contribution in [0.5, 0.6) is 0 Å². The van der Waals surface area contributed by atoms with Crippen LogP contribution >= 0.6 is 39.3 Å². The average Bonchev–Trinajstić information content (AvgIpc) is 2.86. The van der Waals surface area contributed by atoms with Crippen LogP contribution in [0.25, 0.3) is 0 Å². The lowest BCUT2D eigenvalue weighted by atomic mass is 10.0. The maximum atomic E-state index is 13.6. The van der Waals surface area contributed by atoms with Gasteiger partial charge in [-0.1, -0.05) is 76.9 Å². The summed E-state index contributed by atoms with van der Waals surface area (Å²) in [6, 6.07) is 24.7. The molecule has 184 valence electrons. The first-order valence-corrected chi connectivity index (χ1v) is 13.9. The Morgan fingerprint density at radius 2 is 1.71 bits per heavy atom. The highest BCUT2D eigenvalue weighted by atomic mass is 79.9. The van der Waals surface area contributed by atoms with Gasteiger partial charge in [0.2, 0.25) is 11.8 Å². The molecule has 7 heteroatoms. The molecule has 3 aromatic carbocycles. The van der Waals surface area contributed by atoms with Crippen LogP contribution < -0.4 is 5.32 Å². The number of benzene rings is 3. The molecule has 1 atom stereocenters. The number of hydrogen-bond acceptors (Lipinski definition) is 3. The van der Waals surface area contributed by atoms with Gasteiger partial charge in [0.05, 0.1) is 0 Å². The quantitative estimate of drug-likeness (QED) is 0.244. The van der Waals surface area contributed by atoms with Gasteiger partial charge >= 0.3 is 0 Å². The van der Waals surface area contributed by atoms with Crippen molar-refractivity contribution >= 4 is 51.1 Å². The van der Waals surface area contributed by atoms with E-state index in [1.165, 1.54) is 0 Å². The van der Waals surface area contributed by atoms with Gasteiger partial charge in [-0.05, 0) is 53.9 Å². The number of carbonyl (C=O) groups is 2. The van der Waals surface area contributed by atoms with E-state index >= 15 is 0 Å². The Morgan fingerprint density at radius 3 is 2.40 bits per heavy atom. The van der Waals surface area contributed by atoms with E-state index in [0.717, 1.165) is 26.9 Å². The van der Waals surface area contributed by atoms with Gasteiger partial charge in [0.25, 0.3) is 0 Å². The number of hydrogen-bond donors (Lipinski definition) is 1. The monoisotopic (exact) mass is 572 g/mol. The second-order valence-corrected chi connectivity index (χ2v) is 10.7. The number of rotatable bonds is 12. The van der Waals surface area contributed by atoms with Crippen LogP contribution in [0, 0.1) is 0 Å². The molecule has 35 heavy (non-hydrogen) atoms. The Balaban J connectivity index is 1.82. The molecule has 0 bridgehead atoms. The molecule has 2 amide bonds. The molecule has 0 fully saturated rings. The minimum atomic E-state index is -0.601. The molecule has 0 aliphatic rings. The molecule has 0 aliphatic heterocycles. The van der Waals surface area contributed by atoms with Gasteiger partial charge < -0.3 is 10.2 Å². The topological polar surface area (TPSA) is 49.4 Å². The van der Waals surface area contributed by atoms with Crippen LogP contribution in [0.2, 0.25) is 5.02 Å². The fraction of sp³-hybridized carbons (Fsp3) is 0.286. The molecule has 0 radical (unpaired) electrons. The smallest absolute Gasteiger partial charge is 0.243 e. The van der Waals surface area contributed by atoms with Gasteiger partial charge in [-0.25, -0.2) is 0 Å². The van der Waals surface area contributed by atoms with Gasteiger partial charge in [0, 0.05) is 46.1 Å². The number of carbonyl (C=O) groups excluding carboxylic acids is 2. The minimum absolute atomic E-state index is 0.0426. The summed E-state index contributed by atoms with van der Waals surface area (Å²) in [7, 11) is 0. The van der Waals surface area contributed by atoms with E-state index in [-0.39, 0.29) is 11.8 Å². The van der Waals surface area contributed by atoms with E-state index in [1.807, 2.05) is 85.8 Å². The maximum Gasteiger partial charge on any atom is 0.243 e. The third-order valence-electron chi connectivity index (χ3n) is 5.46. The average molecular weight is 574 g/mol. The Bertz CT molecular complexity index is 1100. The second kappa shape index (κ2) is 14.3. The lowest BCUT2D eigenvalue weighted by molar-refractivity contribution is -0.141. The van der Waals surface area contributed by atoms with Crippen molar-refractivity contribution in [3.05, 3.63) is 99.5 Å². The number of thioether (sulfide) groups is 1. The van der Waals surface area contributed by atoms with Gasteiger partial charge in [0.1, 0.15) is 6.04 Å². The van der Waals surface area contributed by atoms with E-state index in [0.29, 0.717) is 36.7 Å². The Kier molecular flexibility index (Phi) is 11.2. The van der Waals surface area contributed by atoms with Crippen LogP contribution in [0.4, 0.5) is 0 Å². The zero-order valence-corrected chi connectivity index (χ0v) is 22.9. The van der Waals surface area contributed by atoms with Gasteiger partial charge in [-0.3, -0.25) is 9.59 Å². The number of nitrogens with zero attached hydrogens (tertiary/aromatic N) is 1. The third kappa shape index (κ3) is 9.02. The summed E-state index contributed by atoms with van der Waals surface area (Å²) in [4.78, 5) is 29.7. The normalized spacial score (nSPS) is 11.6. The molecule has 0 heterocycles. The predicted molar refractivity (Wildman–Crippen MR) is 149 cm³/mol. The Labute approximate surface area is 225 Å². The lowest BCUT2D eigenvalue weighted by Crippen LogP contribution is -2.50. The van der Waals surface area contributed by atoms with Crippen LogP contribution in [-0.4, -0.2) is 35.1 Å².